The Hall–Kier alpha value is -0.400. The molecule has 0 spiro atoms. The van der Waals surface area contributed by atoms with Crippen LogP contribution < -0.4 is 4.74 Å². The summed E-state index contributed by atoms with van der Waals surface area (Å²) in [6.07, 6.45) is 6.10. The van der Waals surface area contributed by atoms with E-state index in [4.69, 9.17) is 27.9 Å². The molecule has 1 atom stereocenters. The maximum Gasteiger partial charge on any atom is 0.120 e. The lowest BCUT2D eigenvalue weighted by molar-refractivity contribution is 0.271. The van der Waals surface area contributed by atoms with Gasteiger partial charge in [-0.25, -0.2) is 0 Å². The fourth-order valence-corrected chi connectivity index (χ4v) is 3.93. The van der Waals surface area contributed by atoms with Gasteiger partial charge in [0, 0.05) is 5.02 Å². The molecular formula is C15H20Cl2O. The Kier molecular flexibility index (Phi) is 4.45. The molecule has 0 aliphatic heterocycles. The van der Waals surface area contributed by atoms with Crippen LogP contribution in [-0.2, 0) is 0 Å². The third kappa shape index (κ3) is 2.48. The maximum absolute atomic E-state index is 6.74. The van der Waals surface area contributed by atoms with Crippen LogP contribution in [0.25, 0.3) is 0 Å². The number of hydrogen-bond donors (Lipinski definition) is 0. The highest BCUT2D eigenvalue weighted by Crippen LogP contribution is 2.54. The minimum atomic E-state index is 0.00315. The lowest BCUT2D eigenvalue weighted by Crippen LogP contribution is -2.21. The molecule has 100 valence electrons. The molecule has 3 heteroatoms. The van der Waals surface area contributed by atoms with Crippen LogP contribution >= 0.6 is 23.2 Å². The van der Waals surface area contributed by atoms with Gasteiger partial charge in [0.25, 0.3) is 0 Å². The second-order valence-corrected chi connectivity index (χ2v) is 6.02. The highest BCUT2D eigenvalue weighted by Gasteiger charge is 2.40. The largest absolute Gasteiger partial charge is 0.497 e. The van der Waals surface area contributed by atoms with Gasteiger partial charge in [-0.3, -0.25) is 0 Å². The highest BCUT2D eigenvalue weighted by atomic mass is 35.5. The fraction of sp³-hybridized carbons (Fsp3) is 0.600. The van der Waals surface area contributed by atoms with Gasteiger partial charge in [-0.15, -0.1) is 11.6 Å². The zero-order valence-corrected chi connectivity index (χ0v) is 12.5. The Morgan fingerprint density at radius 3 is 2.50 bits per heavy atom. The van der Waals surface area contributed by atoms with Gasteiger partial charge in [0.2, 0.25) is 0 Å². The van der Waals surface area contributed by atoms with Crippen molar-refractivity contribution in [3.8, 4) is 5.75 Å². The molecular weight excluding hydrogens is 267 g/mol. The van der Waals surface area contributed by atoms with Crippen molar-refractivity contribution in [1.82, 2.24) is 0 Å². The zero-order chi connectivity index (χ0) is 13.2. The fourth-order valence-electron chi connectivity index (χ4n) is 3.04. The first kappa shape index (κ1) is 14.0. The van der Waals surface area contributed by atoms with Crippen LogP contribution in [0.5, 0.6) is 5.75 Å². The lowest BCUT2D eigenvalue weighted by Gasteiger charge is -2.33. The molecule has 0 bridgehead atoms. The number of methoxy groups -OCH3 is 1. The highest BCUT2D eigenvalue weighted by molar-refractivity contribution is 6.33. The third-order valence-electron chi connectivity index (χ3n) is 4.32. The third-order valence-corrected chi connectivity index (χ3v) is 5.35. The van der Waals surface area contributed by atoms with E-state index >= 15 is 0 Å². The molecule has 1 aromatic carbocycles. The van der Waals surface area contributed by atoms with Crippen molar-refractivity contribution in [3.63, 3.8) is 0 Å². The summed E-state index contributed by atoms with van der Waals surface area (Å²) in [6.45, 7) is 2.23. The quantitative estimate of drug-likeness (QED) is 0.655. The molecule has 1 aliphatic carbocycles. The van der Waals surface area contributed by atoms with Gasteiger partial charge >= 0.3 is 0 Å². The van der Waals surface area contributed by atoms with Gasteiger partial charge in [-0.2, -0.15) is 0 Å². The van der Waals surface area contributed by atoms with Gasteiger partial charge in [0.1, 0.15) is 5.75 Å². The number of benzene rings is 1. The molecule has 0 amide bonds. The second-order valence-electron chi connectivity index (χ2n) is 5.17. The van der Waals surface area contributed by atoms with Crippen LogP contribution in [0.2, 0.25) is 5.02 Å². The summed E-state index contributed by atoms with van der Waals surface area (Å²) in [5.41, 5.74) is 1.27. The van der Waals surface area contributed by atoms with E-state index in [-0.39, 0.29) is 10.8 Å². The minimum absolute atomic E-state index is 0.00315. The number of ether oxygens (including phenoxy) is 1. The summed E-state index contributed by atoms with van der Waals surface area (Å²) in [5.74, 6) is 0.782. The average Bonchev–Trinajstić information content (AvgIpc) is 2.87. The van der Waals surface area contributed by atoms with Gasteiger partial charge in [-0.1, -0.05) is 37.4 Å². The molecule has 2 rings (SSSR count). The van der Waals surface area contributed by atoms with Crippen molar-refractivity contribution in [2.75, 3.05) is 7.11 Å². The molecule has 1 aliphatic rings. The van der Waals surface area contributed by atoms with Crippen molar-refractivity contribution in [2.45, 2.75) is 44.4 Å². The molecule has 0 heterocycles. The maximum atomic E-state index is 6.74. The molecule has 0 radical (unpaired) electrons. The molecule has 0 aromatic heterocycles. The molecule has 1 nitrogen and oxygen atoms in total. The first-order valence-corrected chi connectivity index (χ1v) is 7.42. The summed E-state index contributed by atoms with van der Waals surface area (Å²) in [4.78, 5) is 0. The van der Waals surface area contributed by atoms with Gasteiger partial charge in [-0.05, 0) is 42.4 Å². The summed E-state index contributed by atoms with van der Waals surface area (Å²) >= 11 is 13.1. The van der Waals surface area contributed by atoms with E-state index in [1.165, 1.54) is 25.7 Å². The van der Waals surface area contributed by atoms with E-state index in [1.807, 2.05) is 18.2 Å². The Morgan fingerprint density at radius 2 is 2.00 bits per heavy atom. The number of hydrogen-bond acceptors (Lipinski definition) is 1. The van der Waals surface area contributed by atoms with E-state index < -0.39 is 0 Å². The Labute approximate surface area is 119 Å². The Bertz CT molecular complexity index is 411. The van der Waals surface area contributed by atoms with Crippen molar-refractivity contribution in [2.24, 2.45) is 5.41 Å². The predicted molar refractivity (Wildman–Crippen MR) is 77.8 cm³/mol. The molecule has 0 saturated heterocycles. The van der Waals surface area contributed by atoms with E-state index in [2.05, 4.69) is 6.92 Å². The number of rotatable bonds is 4. The van der Waals surface area contributed by atoms with Crippen LogP contribution in [0.15, 0.2) is 18.2 Å². The minimum Gasteiger partial charge on any atom is -0.497 e. The van der Waals surface area contributed by atoms with Gasteiger partial charge in [0.15, 0.2) is 0 Å². The SMILES string of the molecule is CCC1(C(Cl)c2ccc(OC)cc2Cl)CCCC1. The van der Waals surface area contributed by atoms with Crippen molar-refractivity contribution < 1.29 is 4.74 Å². The molecule has 0 N–H and O–H groups in total. The van der Waals surface area contributed by atoms with E-state index in [0.29, 0.717) is 5.02 Å². The predicted octanol–water partition coefficient (Wildman–Crippen LogP) is 5.60. The van der Waals surface area contributed by atoms with Crippen LogP contribution in [0, 0.1) is 5.41 Å². The number of alkyl halides is 1. The number of halogens is 2. The Morgan fingerprint density at radius 1 is 1.33 bits per heavy atom. The smallest absolute Gasteiger partial charge is 0.120 e. The van der Waals surface area contributed by atoms with Crippen LogP contribution in [0.1, 0.15) is 50.0 Å². The first-order chi connectivity index (χ1) is 8.63. The van der Waals surface area contributed by atoms with Crippen molar-refractivity contribution in [1.29, 1.82) is 0 Å². The van der Waals surface area contributed by atoms with Crippen LogP contribution in [0.4, 0.5) is 0 Å². The average molecular weight is 287 g/mol. The topological polar surface area (TPSA) is 9.23 Å². The zero-order valence-electron chi connectivity index (χ0n) is 11.0. The van der Waals surface area contributed by atoms with Gasteiger partial charge in [0.05, 0.1) is 12.5 Å². The summed E-state index contributed by atoms with van der Waals surface area (Å²) in [6, 6.07) is 5.80. The second kappa shape index (κ2) is 5.71. The molecule has 1 aromatic rings. The lowest BCUT2D eigenvalue weighted by atomic mass is 9.77. The molecule has 18 heavy (non-hydrogen) atoms. The summed E-state index contributed by atoms with van der Waals surface area (Å²) < 4.78 is 5.18. The van der Waals surface area contributed by atoms with E-state index in [9.17, 15) is 0 Å². The summed E-state index contributed by atoms with van der Waals surface area (Å²) in [7, 11) is 1.65. The molecule has 1 saturated carbocycles. The van der Waals surface area contributed by atoms with Crippen LogP contribution in [0.3, 0.4) is 0 Å². The van der Waals surface area contributed by atoms with Crippen molar-refractivity contribution in [3.05, 3.63) is 28.8 Å². The standard InChI is InChI=1S/C15H20Cl2O/c1-3-15(8-4-5-9-15)14(17)12-7-6-11(18-2)10-13(12)16/h6-7,10,14H,3-5,8-9H2,1-2H3. The normalized spacial score (nSPS) is 19.8. The molecule has 1 unspecified atom stereocenters. The molecule has 1 fully saturated rings. The monoisotopic (exact) mass is 286 g/mol. The van der Waals surface area contributed by atoms with E-state index in [0.717, 1.165) is 17.7 Å². The van der Waals surface area contributed by atoms with E-state index in [1.54, 1.807) is 7.11 Å². The first-order valence-electron chi connectivity index (χ1n) is 6.60. The van der Waals surface area contributed by atoms with Crippen molar-refractivity contribution >= 4 is 23.2 Å². The Balaban J connectivity index is 2.30. The van der Waals surface area contributed by atoms with Gasteiger partial charge < -0.3 is 4.74 Å². The van der Waals surface area contributed by atoms with Crippen LogP contribution in [-0.4, -0.2) is 7.11 Å². The summed E-state index contributed by atoms with van der Waals surface area (Å²) in [5, 5.41) is 0.720.